The predicted octanol–water partition coefficient (Wildman–Crippen LogP) is 7.22. The Hall–Kier alpha value is -3.98. The number of rotatable bonds is 2. The van der Waals surface area contributed by atoms with E-state index in [0.717, 1.165) is 27.8 Å². The Labute approximate surface area is 201 Å². The first-order valence-electron chi connectivity index (χ1n) is 13.8. The molecule has 160 valence electrons. The normalized spacial score (nSPS) is 15.1. The van der Waals surface area contributed by atoms with Crippen LogP contribution in [0.4, 0.5) is 0 Å². The molecule has 0 atom stereocenters. The van der Waals surface area contributed by atoms with Crippen molar-refractivity contribution >= 4 is 32.8 Å². The summed E-state index contributed by atoms with van der Waals surface area (Å²) in [4.78, 5) is 4.59. The van der Waals surface area contributed by atoms with Gasteiger partial charge in [-0.25, -0.2) is 9.55 Å². The third kappa shape index (κ3) is 2.96. The third-order valence-corrected chi connectivity index (χ3v) is 6.37. The summed E-state index contributed by atoms with van der Waals surface area (Å²) in [5, 5.41) is 1.97. The van der Waals surface area contributed by atoms with Crippen molar-refractivity contribution in [3.05, 3.63) is 95.8 Å². The van der Waals surface area contributed by atoms with Crippen LogP contribution in [0.5, 0.6) is 0 Å². The number of aromatic nitrogens is 2. The molecule has 3 aromatic heterocycles. The first kappa shape index (κ1) is 14.2. The first-order valence-corrected chi connectivity index (χ1v) is 10.8. The molecule has 0 amide bonds. The summed E-state index contributed by atoms with van der Waals surface area (Å²) in [5.74, 6) is 0. The van der Waals surface area contributed by atoms with Crippen LogP contribution in [0.25, 0.3) is 55.2 Å². The van der Waals surface area contributed by atoms with Crippen LogP contribution >= 0.6 is 0 Å². The van der Waals surface area contributed by atoms with Crippen LogP contribution in [0.15, 0.2) is 83.4 Å². The Balaban J connectivity index is 1.64. The highest BCUT2D eigenvalue weighted by molar-refractivity contribution is 6.14. The van der Waals surface area contributed by atoms with Gasteiger partial charge < -0.3 is 4.42 Å². The lowest BCUT2D eigenvalue weighted by Gasteiger charge is -2.10. The molecule has 6 rings (SSSR count). The molecule has 0 fully saturated rings. The molecule has 3 nitrogen and oxygen atoms in total. The molecule has 0 saturated heterocycles. The van der Waals surface area contributed by atoms with Crippen molar-refractivity contribution < 1.29 is 17.2 Å². The summed E-state index contributed by atoms with van der Waals surface area (Å²) in [6.45, 7) is -2.71. The molecule has 3 aromatic carbocycles. The molecule has 0 aliphatic rings. The molecule has 0 N–H and O–H groups in total. The van der Waals surface area contributed by atoms with Crippen LogP contribution in [0, 0.1) is 20.6 Å². The zero-order valence-corrected chi connectivity index (χ0v) is 18.3. The van der Waals surface area contributed by atoms with Gasteiger partial charge in [0.05, 0.1) is 5.56 Å². The van der Waals surface area contributed by atoms with E-state index in [9.17, 15) is 0 Å². The average molecular weight is 436 g/mol. The topological polar surface area (TPSA) is 29.9 Å². The Morgan fingerprint density at radius 3 is 2.39 bits per heavy atom. The largest absolute Gasteiger partial charge is 0.453 e. The third-order valence-electron chi connectivity index (χ3n) is 6.37. The van der Waals surface area contributed by atoms with Crippen LogP contribution < -0.4 is 4.57 Å². The fraction of sp³-hybridized carbons (Fsp3) is 0.133. The maximum absolute atomic E-state index is 8.13. The van der Waals surface area contributed by atoms with Crippen molar-refractivity contribution in [2.75, 3.05) is 0 Å². The Kier molecular flexibility index (Phi) is 3.14. The Bertz CT molecular complexity index is 1900. The SMILES string of the molecule is [2H]C([2H])([2H])c1c[n+](C)c(-c2ccc3c(oc4c5ccccc5c(C([2H])([2H])[2H])nc34)c2C)cc1-c1ccccc1. The highest BCUT2D eigenvalue weighted by Crippen LogP contribution is 2.38. The van der Waals surface area contributed by atoms with E-state index >= 15 is 0 Å². The lowest BCUT2D eigenvalue weighted by atomic mass is 9.96. The van der Waals surface area contributed by atoms with Gasteiger partial charge >= 0.3 is 0 Å². The van der Waals surface area contributed by atoms with Crippen LogP contribution in [0.3, 0.4) is 0 Å². The molecule has 33 heavy (non-hydrogen) atoms. The minimum atomic E-state index is -2.38. The van der Waals surface area contributed by atoms with Crippen molar-refractivity contribution in [1.29, 1.82) is 0 Å². The van der Waals surface area contributed by atoms with Gasteiger partial charge in [-0.05, 0) is 43.9 Å². The maximum atomic E-state index is 8.13. The second-order valence-electron chi connectivity index (χ2n) is 8.36. The minimum absolute atomic E-state index is 0.0502. The lowest BCUT2D eigenvalue weighted by Crippen LogP contribution is -2.31. The van der Waals surface area contributed by atoms with Crippen molar-refractivity contribution in [1.82, 2.24) is 4.98 Å². The number of hydrogen-bond donors (Lipinski definition) is 0. The zero-order valence-electron chi connectivity index (χ0n) is 24.3. The molecule has 0 aliphatic carbocycles. The summed E-state index contributed by atoms with van der Waals surface area (Å²) in [5.41, 5.74) is 6.00. The summed E-state index contributed by atoms with van der Waals surface area (Å²) in [6, 6.07) is 22.5. The molecular weight excluding hydrogens is 404 g/mol. The number of pyridine rings is 2. The number of hydrogen-bond acceptors (Lipinski definition) is 2. The highest BCUT2D eigenvalue weighted by Gasteiger charge is 2.21. The highest BCUT2D eigenvalue weighted by atomic mass is 16.3. The smallest absolute Gasteiger partial charge is 0.213 e. The molecule has 6 aromatic rings. The second kappa shape index (κ2) is 7.28. The standard InChI is InChI=1S/C30H25N2O/c1-18-17-32(4)27(16-26(18)21-10-6-5-7-11-21)22-14-15-25-28-30(33-29(25)19(22)2)24-13-9-8-12-23(24)20(3)31-28/h5-17H,1-4H3/q+1/i1D3,3D3. The van der Waals surface area contributed by atoms with Crippen LogP contribution in [0.2, 0.25) is 0 Å². The van der Waals surface area contributed by atoms with Gasteiger partial charge in [-0.2, -0.15) is 0 Å². The van der Waals surface area contributed by atoms with Gasteiger partial charge in [0.15, 0.2) is 11.8 Å². The summed E-state index contributed by atoms with van der Waals surface area (Å²) in [7, 11) is 1.83. The van der Waals surface area contributed by atoms with Gasteiger partial charge in [-0.1, -0.05) is 54.6 Å². The van der Waals surface area contributed by atoms with E-state index in [2.05, 4.69) is 4.98 Å². The average Bonchev–Trinajstić information content (AvgIpc) is 3.28. The molecule has 3 heteroatoms. The number of nitrogens with zero attached hydrogens (tertiary/aromatic N) is 2. The summed E-state index contributed by atoms with van der Waals surface area (Å²) < 4.78 is 56.8. The van der Waals surface area contributed by atoms with Crippen LogP contribution in [0.1, 0.15) is 25.0 Å². The van der Waals surface area contributed by atoms with Crippen LogP contribution in [-0.2, 0) is 7.05 Å². The molecule has 0 bridgehead atoms. The summed E-state index contributed by atoms with van der Waals surface area (Å²) >= 11 is 0. The van der Waals surface area contributed by atoms with Crippen molar-refractivity contribution in [2.24, 2.45) is 7.05 Å². The molecule has 0 saturated carbocycles. The fourth-order valence-electron chi connectivity index (χ4n) is 4.69. The van der Waals surface area contributed by atoms with Gasteiger partial charge in [-0.15, -0.1) is 0 Å². The van der Waals surface area contributed by atoms with E-state index in [-0.39, 0.29) is 11.3 Å². The minimum Gasteiger partial charge on any atom is -0.453 e. The number of benzene rings is 3. The van der Waals surface area contributed by atoms with Gasteiger partial charge in [0.25, 0.3) is 0 Å². The molecule has 0 unspecified atom stereocenters. The van der Waals surface area contributed by atoms with Crippen LogP contribution in [-0.4, -0.2) is 4.98 Å². The number of aryl methyl sites for hydroxylation is 4. The zero-order chi connectivity index (χ0) is 27.7. The molecule has 0 radical (unpaired) electrons. The molecular formula is C30H25N2O+. The first-order chi connectivity index (χ1) is 18.4. The van der Waals surface area contributed by atoms with E-state index < -0.39 is 13.7 Å². The Morgan fingerprint density at radius 2 is 1.61 bits per heavy atom. The summed E-state index contributed by atoms with van der Waals surface area (Å²) in [6.07, 6.45) is 1.67. The number of furan rings is 1. The van der Waals surface area contributed by atoms with E-state index in [1.54, 1.807) is 18.3 Å². The van der Waals surface area contributed by atoms with E-state index in [1.165, 1.54) is 0 Å². The van der Waals surface area contributed by atoms with Gasteiger partial charge in [0.2, 0.25) is 5.69 Å². The Morgan fingerprint density at radius 1 is 0.818 bits per heavy atom. The monoisotopic (exact) mass is 435 g/mol. The molecule has 0 spiro atoms. The van der Waals surface area contributed by atoms with Gasteiger partial charge in [-0.3, -0.25) is 0 Å². The van der Waals surface area contributed by atoms with E-state index in [4.69, 9.17) is 12.6 Å². The van der Waals surface area contributed by atoms with Gasteiger partial charge in [0, 0.05) is 47.3 Å². The van der Waals surface area contributed by atoms with Crippen molar-refractivity contribution in [2.45, 2.75) is 20.6 Å². The predicted molar refractivity (Wildman–Crippen MR) is 135 cm³/mol. The molecule has 3 heterocycles. The van der Waals surface area contributed by atoms with Crippen molar-refractivity contribution in [3.63, 3.8) is 0 Å². The number of fused-ring (bicyclic) bond motifs is 5. The quantitative estimate of drug-likeness (QED) is 0.269. The fourth-order valence-corrected chi connectivity index (χ4v) is 4.69. The lowest BCUT2D eigenvalue weighted by molar-refractivity contribution is -0.660. The maximum Gasteiger partial charge on any atom is 0.213 e. The molecule has 0 aliphatic heterocycles. The van der Waals surface area contributed by atoms with E-state index in [1.807, 2.05) is 79.2 Å². The second-order valence-corrected chi connectivity index (χ2v) is 8.36. The van der Waals surface area contributed by atoms with Gasteiger partial charge in [0.1, 0.15) is 18.1 Å². The van der Waals surface area contributed by atoms with E-state index in [0.29, 0.717) is 33.0 Å². The van der Waals surface area contributed by atoms with Crippen molar-refractivity contribution in [3.8, 4) is 22.4 Å².